The van der Waals surface area contributed by atoms with Gasteiger partial charge in [-0.1, -0.05) is 46.3 Å². The molecule has 0 radical (unpaired) electrons. The van der Waals surface area contributed by atoms with Gasteiger partial charge in [0, 0.05) is 27.5 Å². The molecule has 0 atom stereocenters. The van der Waals surface area contributed by atoms with E-state index < -0.39 is 11.7 Å². The molecular formula is C19H15BrF3N3S. The first-order chi connectivity index (χ1) is 12.9. The average Bonchev–Trinajstić information content (AvgIpc) is 3.02. The van der Waals surface area contributed by atoms with Gasteiger partial charge in [0.15, 0.2) is 0 Å². The maximum Gasteiger partial charge on any atom is 0.417 e. The molecular weight excluding hydrogens is 439 g/mol. The van der Waals surface area contributed by atoms with Crippen LogP contribution >= 0.6 is 27.3 Å². The summed E-state index contributed by atoms with van der Waals surface area (Å²) in [5.41, 5.74) is 0.933. The summed E-state index contributed by atoms with van der Waals surface area (Å²) in [6.45, 7) is 2.44. The van der Waals surface area contributed by atoms with Crippen molar-refractivity contribution in [2.75, 3.05) is 6.54 Å². The van der Waals surface area contributed by atoms with Crippen LogP contribution < -0.4 is 4.80 Å². The summed E-state index contributed by atoms with van der Waals surface area (Å²) in [5.74, 6) is 0. The smallest absolute Gasteiger partial charge is 0.258 e. The second-order valence-electron chi connectivity index (χ2n) is 5.53. The van der Waals surface area contributed by atoms with Crippen molar-refractivity contribution in [3.63, 3.8) is 0 Å². The Kier molecular flexibility index (Phi) is 5.96. The number of thiazole rings is 1. The summed E-state index contributed by atoms with van der Waals surface area (Å²) in [6.07, 6.45) is -3.21. The van der Waals surface area contributed by atoms with Gasteiger partial charge in [-0.15, -0.1) is 11.3 Å². The highest BCUT2D eigenvalue weighted by atomic mass is 79.9. The molecule has 27 heavy (non-hydrogen) atoms. The van der Waals surface area contributed by atoms with Gasteiger partial charge in [0.2, 0.25) is 4.80 Å². The van der Waals surface area contributed by atoms with E-state index in [0.29, 0.717) is 11.3 Å². The fourth-order valence-corrected chi connectivity index (χ4v) is 3.79. The van der Waals surface area contributed by atoms with Crippen molar-refractivity contribution >= 4 is 33.5 Å². The SMILES string of the molecule is CCN=c1scc(-c2cccc(Br)c2)n1N=Cc1ccccc1C(F)(F)F. The Bertz CT molecular complexity index is 1030. The number of halogens is 4. The maximum atomic E-state index is 13.2. The molecule has 3 nitrogen and oxygen atoms in total. The van der Waals surface area contributed by atoms with E-state index in [9.17, 15) is 13.2 Å². The Morgan fingerprint density at radius 3 is 2.63 bits per heavy atom. The number of aromatic nitrogens is 1. The number of hydrogen-bond acceptors (Lipinski definition) is 3. The number of rotatable bonds is 4. The lowest BCUT2D eigenvalue weighted by Crippen LogP contribution is -2.13. The van der Waals surface area contributed by atoms with Crippen LogP contribution in [0.1, 0.15) is 18.1 Å². The predicted octanol–water partition coefficient (Wildman–Crippen LogP) is 5.80. The molecule has 8 heteroatoms. The summed E-state index contributed by atoms with van der Waals surface area (Å²) in [4.78, 5) is 5.01. The summed E-state index contributed by atoms with van der Waals surface area (Å²) in [6, 6.07) is 13.0. The van der Waals surface area contributed by atoms with Crippen LogP contribution in [0.25, 0.3) is 11.3 Å². The zero-order valence-corrected chi connectivity index (χ0v) is 16.6. The lowest BCUT2D eigenvalue weighted by atomic mass is 10.1. The molecule has 3 aromatic rings. The molecule has 0 amide bonds. The molecule has 0 spiro atoms. The van der Waals surface area contributed by atoms with Crippen LogP contribution in [-0.2, 0) is 6.18 Å². The second-order valence-corrected chi connectivity index (χ2v) is 7.28. The van der Waals surface area contributed by atoms with E-state index in [-0.39, 0.29) is 5.56 Å². The minimum atomic E-state index is -4.44. The summed E-state index contributed by atoms with van der Waals surface area (Å²) < 4.78 is 42.1. The number of alkyl halides is 3. The van der Waals surface area contributed by atoms with Gasteiger partial charge in [0.05, 0.1) is 17.5 Å². The molecule has 0 bridgehead atoms. The van der Waals surface area contributed by atoms with Gasteiger partial charge in [0.25, 0.3) is 0 Å². The van der Waals surface area contributed by atoms with E-state index in [1.54, 1.807) is 10.7 Å². The zero-order chi connectivity index (χ0) is 19.4. The topological polar surface area (TPSA) is 29.6 Å². The Morgan fingerprint density at radius 2 is 1.93 bits per heavy atom. The van der Waals surface area contributed by atoms with E-state index in [2.05, 4.69) is 26.0 Å². The monoisotopic (exact) mass is 453 g/mol. The van der Waals surface area contributed by atoms with Crippen LogP contribution in [0.3, 0.4) is 0 Å². The average molecular weight is 454 g/mol. The highest BCUT2D eigenvalue weighted by molar-refractivity contribution is 9.10. The van der Waals surface area contributed by atoms with Crippen LogP contribution in [0.15, 0.2) is 68.5 Å². The molecule has 0 unspecified atom stereocenters. The first-order valence-corrected chi connectivity index (χ1v) is 9.75. The van der Waals surface area contributed by atoms with Crippen LogP contribution in [0.4, 0.5) is 13.2 Å². The molecule has 0 aliphatic rings. The minimum absolute atomic E-state index is 0.00587. The van der Waals surface area contributed by atoms with Gasteiger partial charge < -0.3 is 0 Å². The first kappa shape index (κ1) is 19.6. The molecule has 0 aliphatic heterocycles. The third-order valence-electron chi connectivity index (χ3n) is 3.68. The van der Waals surface area contributed by atoms with E-state index in [1.165, 1.54) is 29.7 Å². The third-order valence-corrected chi connectivity index (χ3v) is 5.02. The van der Waals surface area contributed by atoms with Crippen molar-refractivity contribution < 1.29 is 13.2 Å². The maximum absolute atomic E-state index is 13.2. The van der Waals surface area contributed by atoms with Crippen molar-refractivity contribution in [3.8, 4) is 11.3 Å². The van der Waals surface area contributed by atoms with Crippen molar-refractivity contribution in [3.05, 3.63) is 74.3 Å². The minimum Gasteiger partial charge on any atom is -0.258 e. The zero-order valence-electron chi connectivity index (χ0n) is 14.2. The molecule has 140 valence electrons. The highest BCUT2D eigenvalue weighted by Gasteiger charge is 2.32. The highest BCUT2D eigenvalue weighted by Crippen LogP contribution is 2.31. The Hall–Kier alpha value is -2.19. The van der Waals surface area contributed by atoms with E-state index in [1.807, 2.05) is 36.6 Å². The molecule has 0 saturated heterocycles. The lowest BCUT2D eigenvalue weighted by Gasteiger charge is -2.09. The molecule has 0 aliphatic carbocycles. The van der Waals surface area contributed by atoms with Crippen LogP contribution in [0.2, 0.25) is 0 Å². The van der Waals surface area contributed by atoms with Crippen LogP contribution in [-0.4, -0.2) is 17.4 Å². The number of benzene rings is 2. The van der Waals surface area contributed by atoms with Gasteiger partial charge in [-0.2, -0.15) is 18.3 Å². The molecule has 2 aromatic carbocycles. The summed E-state index contributed by atoms with van der Waals surface area (Å²) in [5, 5.41) is 6.22. The normalized spacial score (nSPS) is 12.9. The van der Waals surface area contributed by atoms with Crippen LogP contribution in [0, 0.1) is 0 Å². The van der Waals surface area contributed by atoms with Crippen molar-refractivity contribution in [1.29, 1.82) is 0 Å². The predicted molar refractivity (Wildman–Crippen MR) is 106 cm³/mol. The lowest BCUT2D eigenvalue weighted by molar-refractivity contribution is -0.137. The van der Waals surface area contributed by atoms with Gasteiger partial charge >= 0.3 is 6.18 Å². The molecule has 3 rings (SSSR count). The number of nitrogens with zero attached hydrogens (tertiary/aromatic N) is 3. The van der Waals surface area contributed by atoms with E-state index in [4.69, 9.17) is 0 Å². The second kappa shape index (κ2) is 8.22. The fraction of sp³-hybridized carbons (Fsp3) is 0.158. The largest absolute Gasteiger partial charge is 0.417 e. The Morgan fingerprint density at radius 1 is 1.15 bits per heavy atom. The van der Waals surface area contributed by atoms with Crippen molar-refractivity contribution in [2.45, 2.75) is 13.1 Å². The Balaban J connectivity index is 2.11. The van der Waals surface area contributed by atoms with Crippen LogP contribution in [0.5, 0.6) is 0 Å². The quantitative estimate of drug-likeness (QED) is 0.446. The van der Waals surface area contributed by atoms with Gasteiger partial charge in [-0.3, -0.25) is 4.99 Å². The standard InChI is InChI=1S/C19H15BrF3N3S/c1-2-24-18-26(17(12-27-18)13-7-5-8-15(20)10-13)25-11-14-6-3-4-9-16(14)19(21,22)23/h3-12H,2H2,1H3. The molecule has 1 aromatic heterocycles. The van der Waals surface area contributed by atoms with Gasteiger partial charge in [-0.05, 0) is 25.1 Å². The number of hydrogen-bond donors (Lipinski definition) is 0. The van der Waals surface area contributed by atoms with E-state index in [0.717, 1.165) is 21.8 Å². The molecule has 0 saturated carbocycles. The van der Waals surface area contributed by atoms with Crippen molar-refractivity contribution in [1.82, 2.24) is 4.68 Å². The molecule has 0 fully saturated rings. The van der Waals surface area contributed by atoms with Crippen molar-refractivity contribution in [2.24, 2.45) is 10.1 Å². The first-order valence-electron chi connectivity index (χ1n) is 8.07. The summed E-state index contributed by atoms with van der Waals surface area (Å²) in [7, 11) is 0. The van der Waals surface area contributed by atoms with Gasteiger partial charge in [0.1, 0.15) is 0 Å². The Labute approximate surface area is 166 Å². The van der Waals surface area contributed by atoms with E-state index >= 15 is 0 Å². The molecule has 0 N–H and O–H groups in total. The fourth-order valence-electron chi connectivity index (χ4n) is 2.49. The third kappa shape index (κ3) is 4.56. The van der Waals surface area contributed by atoms with Gasteiger partial charge in [-0.25, -0.2) is 4.68 Å². The summed E-state index contributed by atoms with van der Waals surface area (Å²) >= 11 is 4.83. The molecule has 1 heterocycles.